The molecule has 0 amide bonds. The summed E-state index contributed by atoms with van der Waals surface area (Å²) < 4.78 is 2.99. The van der Waals surface area contributed by atoms with Crippen molar-refractivity contribution in [1.29, 1.82) is 0 Å². The van der Waals surface area contributed by atoms with E-state index < -0.39 is 0 Å². The van der Waals surface area contributed by atoms with Gasteiger partial charge in [0.25, 0.3) is 0 Å². The average Bonchev–Trinajstić information content (AvgIpc) is 2.73. The van der Waals surface area contributed by atoms with Crippen molar-refractivity contribution < 1.29 is 5.11 Å². The number of aromatic nitrogens is 2. The molecule has 3 nitrogen and oxygen atoms in total. The van der Waals surface area contributed by atoms with Gasteiger partial charge in [0.2, 0.25) is 0 Å². The van der Waals surface area contributed by atoms with E-state index >= 15 is 0 Å². The minimum absolute atomic E-state index is 0.242. The third-order valence-electron chi connectivity index (χ3n) is 4.56. The molecule has 1 aromatic heterocycles. The van der Waals surface area contributed by atoms with E-state index in [-0.39, 0.29) is 6.10 Å². The second-order valence-corrected chi connectivity index (χ2v) is 6.92. The van der Waals surface area contributed by atoms with Gasteiger partial charge in [-0.15, -0.1) is 0 Å². The molecule has 1 atom stereocenters. The van der Waals surface area contributed by atoms with Crippen molar-refractivity contribution in [1.82, 2.24) is 9.78 Å². The van der Waals surface area contributed by atoms with E-state index in [0.717, 1.165) is 34.6 Å². The first-order valence-electron chi connectivity index (χ1n) is 8.00. The maximum Gasteiger partial charge on any atom is 0.0766 e. The van der Waals surface area contributed by atoms with Crippen LogP contribution in [-0.4, -0.2) is 21.0 Å². The highest BCUT2D eigenvalue weighted by Crippen LogP contribution is 2.29. The predicted molar refractivity (Wildman–Crippen MR) is 85.8 cm³/mol. The monoisotopic (exact) mass is 342 g/mol. The van der Waals surface area contributed by atoms with Gasteiger partial charge in [-0.25, -0.2) is 0 Å². The topological polar surface area (TPSA) is 38.0 Å². The molecule has 114 valence electrons. The highest BCUT2D eigenvalue weighted by Gasteiger charge is 2.18. The third-order valence-corrected chi connectivity index (χ3v) is 5.48. The molecule has 1 saturated carbocycles. The van der Waals surface area contributed by atoms with Crippen molar-refractivity contribution in [2.75, 3.05) is 0 Å². The molecule has 1 N–H and O–H groups in total. The fourth-order valence-corrected chi connectivity index (χ4v) is 4.05. The zero-order chi connectivity index (χ0) is 14.5. The van der Waals surface area contributed by atoms with Crippen LogP contribution in [-0.2, 0) is 19.9 Å². The Hall–Kier alpha value is -0.350. The van der Waals surface area contributed by atoms with Crippen LogP contribution in [0.15, 0.2) is 4.47 Å². The molecule has 1 unspecified atom stereocenters. The Morgan fingerprint density at radius 3 is 2.65 bits per heavy atom. The van der Waals surface area contributed by atoms with E-state index in [1.165, 1.54) is 38.5 Å². The van der Waals surface area contributed by atoms with Gasteiger partial charge < -0.3 is 5.11 Å². The van der Waals surface area contributed by atoms with Crippen molar-refractivity contribution in [3.05, 3.63) is 15.9 Å². The van der Waals surface area contributed by atoms with E-state index in [1.807, 2.05) is 11.7 Å². The zero-order valence-electron chi connectivity index (χ0n) is 12.7. The second kappa shape index (κ2) is 7.60. The van der Waals surface area contributed by atoms with Gasteiger partial charge in [-0.2, -0.15) is 5.10 Å². The molecule has 1 aliphatic carbocycles. The first-order chi connectivity index (χ1) is 9.61. The molecule has 4 heteroatoms. The van der Waals surface area contributed by atoms with Crippen LogP contribution in [0.1, 0.15) is 63.3 Å². The van der Waals surface area contributed by atoms with E-state index in [9.17, 15) is 5.11 Å². The minimum atomic E-state index is -0.242. The summed E-state index contributed by atoms with van der Waals surface area (Å²) in [4.78, 5) is 0. The number of halogens is 1. The lowest BCUT2D eigenvalue weighted by Gasteiger charge is -2.22. The highest BCUT2D eigenvalue weighted by molar-refractivity contribution is 9.10. The molecule has 0 aromatic carbocycles. The molecule has 0 aliphatic heterocycles. The first kappa shape index (κ1) is 16.0. The van der Waals surface area contributed by atoms with Gasteiger partial charge in [-0.1, -0.05) is 39.0 Å². The normalized spacial score (nSPS) is 18.4. The first-order valence-corrected chi connectivity index (χ1v) is 8.79. The Bertz CT molecular complexity index is 424. The standard InChI is InChI=1S/C16H27BrN2O/c1-3-14-16(17)15(19(2)18-14)11-13(20)10-9-12-7-5-4-6-8-12/h12-13,20H,3-11H2,1-2H3. The van der Waals surface area contributed by atoms with Crippen molar-refractivity contribution >= 4 is 15.9 Å². The fourth-order valence-electron chi connectivity index (χ4n) is 3.27. The molecule has 1 heterocycles. The molecule has 1 fully saturated rings. The van der Waals surface area contributed by atoms with Gasteiger partial charge in [-0.05, 0) is 41.1 Å². The van der Waals surface area contributed by atoms with Gasteiger partial charge in [0.1, 0.15) is 0 Å². The lowest BCUT2D eigenvalue weighted by molar-refractivity contribution is 0.147. The van der Waals surface area contributed by atoms with Gasteiger partial charge in [-0.3, -0.25) is 4.68 Å². The third kappa shape index (κ3) is 4.08. The fraction of sp³-hybridized carbons (Fsp3) is 0.812. The number of hydrogen-bond donors (Lipinski definition) is 1. The highest BCUT2D eigenvalue weighted by atomic mass is 79.9. The number of hydrogen-bond acceptors (Lipinski definition) is 2. The number of aliphatic hydroxyl groups excluding tert-OH is 1. The van der Waals surface area contributed by atoms with E-state index in [2.05, 4.69) is 28.0 Å². The maximum atomic E-state index is 10.3. The van der Waals surface area contributed by atoms with Crippen molar-refractivity contribution in [2.45, 2.75) is 70.8 Å². The Balaban J connectivity index is 1.84. The smallest absolute Gasteiger partial charge is 0.0766 e. The zero-order valence-corrected chi connectivity index (χ0v) is 14.3. The largest absolute Gasteiger partial charge is 0.393 e. The van der Waals surface area contributed by atoms with Crippen LogP contribution in [0.25, 0.3) is 0 Å². The number of aryl methyl sites for hydroxylation is 2. The van der Waals surface area contributed by atoms with E-state index in [1.54, 1.807) is 0 Å². The Morgan fingerprint density at radius 2 is 2.05 bits per heavy atom. The summed E-state index contributed by atoms with van der Waals surface area (Å²) in [6, 6.07) is 0. The molecule has 0 saturated heterocycles. The molecule has 1 aliphatic rings. The maximum absolute atomic E-state index is 10.3. The summed E-state index contributed by atoms with van der Waals surface area (Å²) in [5, 5.41) is 14.8. The van der Waals surface area contributed by atoms with Crippen molar-refractivity contribution in [3.8, 4) is 0 Å². The lowest BCUT2D eigenvalue weighted by atomic mass is 9.85. The Labute approximate surface area is 130 Å². The van der Waals surface area contributed by atoms with Gasteiger partial charge >= 0.3 is 0 Å². The minimum Gasteiger partial charge on any atom is -0.393 e. The summed E-state index contributed by atoms with van der Waals surface area (Å²) in [6.45, 7) is 2.11. The molecule has 2 rings (SSSR count). The van der Waals surface area contributed by atoms with E-state index in [0.29, 0.717) is 6.42 Å². The molecule has 0 radical (unpaired) electrons. The van der Waals surface area contributed by atoms with Gasteiger partial charge in [0, 0.05) is 13.5 Å². The molecule has 0 spiro atoms. The molecular weight excluding hydrogens is 316 g/mol. The number of aliphatic hydroxyl groups is 1. The van der Waals surface area contributed by atoms with E-state index in [4.69, 9.17) is 0 Å². The van der Waals surface area contributed by atoms with Crippen molar-refractivity contribution in [3.63, 3.8) is 0 Å². The van der Waals surface area contributed by atoms with Gasteiger partial charge in [0.05, 0.1) is 22.0 Å². The summed E-state index contributed by atoms with van der Waals surface area (Å²) in [5.74, 6) is 0.847. The summed E-state index contributed by atoms with van der Waals surface area (Å²) in [5.41, 5.74) is 2.21. The average molecular weight is 343 g/mol. The Morgan fingerprint density at radius 1 is 1.35 bits per heavy atom. The van der Waals surface area contributed by atoms with Crippen LogP contribution in [0.3, 0.4) is 0 Å². The van der Waals surface area contributed by atoms with Crippen LogP contribution >= 0.6 is 15.9 Å². The SMILES string of the molecule is CCc1nn(C)c(CC(O)CCC2CCCCC2)c1Br. The molecule has 20 heavy (non-hydrogen) atoms. The lowest BCUT2D eigenvalue weighted by Crippen LogP contribution is -2.16. The van der Waals surface area contributed by atoms with Crippen LogP contribution in [0.4, 0.5) is 0 Å². The predicted octanol–water partition coefficient (Wildman–Crippen LogP) is 4.01. The molecular formula is C16H27BrN2O. The molecule has 1 aromatic rings. The summed E-state index contributed by atoms with van der Waals surface area (Å²) in [7, 11) is 1.97. The number of rotatable bonds is 6. The summed E-state index contributed by atoms with van der Waals surface area (Å²) >= 11 is 3.62. The van der Waals surface area contributed by atoms with Crippen LogP contribution in [0, 0.1) is 5.92 Å². The second-order valence-electron chi connectivity index (χ2n) is 6.12. The van der Waals surface area contributed by atoms with Gasteiger partial charge in [0.15, 0.2) is 0 Å². The van der Waals surface area contributed by atoms with Crippen LogP contribution in [0.5, 0.6) is 0 Å². The van der Waals surface area contributed by atoms with Crippen LogP contribution < -0.4 is 0 Å². The van der Waals surface area contributed by atoms with Crippen molar-refractivity contribution in [2.24, 2.45) is 13.0 Å². The summed E-state index contributed by atoms with van der Waals surface area (Å²) in [6.07, 6.45) is 10.4. The quantitative estimate of drug-likeness (QED) is 0.848. The Kier molecular flexibility index (Phi) is 6.09. The molecule has 0 bridgehead atoms. The van der Waals surface area contributed by atoms with Crippen LogP contribution in [0.2, 0.25) is 0 Å². The number of nitrogens with zero attached hydrogens (tertiary/aromatic N) is 2.